The summed E-state index contributed by atoms with van der Waals surface area (Å²) in [7, 11) is 0. The molecule has 6 nitrogen and oxygen atoms in total. The number of rotatable bonds is 4. The number of fused-ring (bicyclic) bond motifs is 1. The summed E-state index contributed by atoms with van der Waals surface area (Å²) in [5.74, 6) is -1.05. The third-order valence-corrected chi connectivity index (χ3v) is 4.29. The molecule has 0 saturated heterocycles. The van der Waals surface area contributed by atoms with Crippen LogP contribution >= 0.6 is 11.6 Å². The number of amides is 1. The molecule has 0 saturated carbocycles. The summed E-state index contributed by atoms with van der Waals surface area (Å²) < 4.78 is 5.26. The van der Waals surface area contributed by atoms with Gasteiger partial charge >= 0.3 is 5.97 Å². The Bertz CT molecular complexity index is 991. The summed E-state index contributed by atoms with van der Waals surface area (Å²) in [4.78, 5) is 32.9. The lowest BCUT2D eigenvalue weighted by Gasteiger charge is -2.15. The van der Waals surface area contributed by atoms with Crippen LogP contribution in [0.15, 0.2) is 48.8 Å². The van der Waals surface area contributed by atoms with Crippen molar-refractivity contribution in [3.63, 3.8) is 0 Å². The summed E-state index contributed by atoms with van der Waals surface area (Å²) in [5.41, 5.74) is 2.87. The van der Waals surface area contributed by atoms with E-state index in [4.69, 9.17) is 16.3 Å². The van der Waals surface area contributed by atoms with Crippen LogP contribution in [0.4, 0.5) is 5.69 Å². The lowest BCUT2D eigenvalue weighted by Crippen LogP contribution is -2.30. The van der Waals surface area contributed by atoms with Crippen LogP contribution in [0.2, 0.25) is 5.02 Å². The lowest BCUT2D eigenvalue weighted by molar-refractivity contribution is -0.123. The summed E-state index contributed by atoms with van der Waals surface area (Å²) in [6.45, 7) is 3.30. The van der Waals surface area contributed by atoms with Gasteiger partial charge in [-0.1, -0.05) is 17.7 Å². The minimum atomic E-state index is -0.974. The van der Waals surface area contributed by atoms with Gasteiger partial charge in [-0.2, -0.15) is 0 Å². The molecule has 0 bridgehead atoms. The van der Waals surface area contributed by atoms with E-state index in [2.05, 4.69) is 15.3 Å². The normalized spacial score (nSPS) is 11.8. The Balaban J connectivity index is 1.69. The molecule has 0 aliphatic carbocycles. The molecule has 3 rings (SSSR count). The van der Waals surface area contributed by atoms with Gasteiger partial charge in [0, 0.05) is 23.1 Å². The highest BCUT2D eigenvalue weighted by Crippen LogP contribution is 2.23. The average molecular weight is 370 g/mol. The molecular weight excluding hydrogens is 354 g/mol. The Morgan fingerprint density at radius 1 is 1.12 bits per heavy atom. The van der Waals surface area contributed by atoms with E-state index in [1.54, 1.807) is 55.7 Å². The van der Waals surface area contributed by atoms with Crippen molar-refractivity contribution in [2.75, 3.05) is 5.32 Å². The summed E-state index contributed by atoms with van der Waals surface area (Å²) >= 11 is 6.04. The van der Waals surface area contributed by atoms with Crippen molar-refractivity contribution in [2.24, 2.45) is 0 Å². The molecule has 0 fully saturated rings. The molecule has 1 aromatic heterocycles. The van der Waals surface area contributed by atoms with E-state index in [0.29, 0.717) is 27.3 Å². The smallest absolute Gasteiger partial charge is 0.338 e. The molecule has 1 amide bonds. The third kappa shape index (κ3) is 3.81. The molecule has 132 valence electrons. The molecule has 1 atom stereocenters. The van der Waals surface area contributed by atoms with Crippen LogP contribution in [0.3, 0.4) is 0 Å². The van der Waals surface area contributed by atoms with Crippen molar-refractivity contribution in [2.45, 2.75) is 20.0 Å². The number of hydrogen-bond acceptors (Lipinski definition) is 5. The maximum absolute atomic E-state index is 12.3. The first-order valence-corrected chi connectivity index (χ1v) is 8.31. The van der Waals surface area contributed by atoms with Crippen molar-refractivity contribution in [1.29, 1.82) is 0 Å². The Kier molecular flexibility index (Phi) is 5.14. The fourth-order valence-electron chi connectivity index (χ4n) is 2.35. The van der Waals surface area contributed by atoms with E-state index in [1.165, 1.54) is 6.92 Å². The number of carbonyl (C=O) groups is 2. The SMILES string of the molecule is Cc1c(Cl)cccc1NC(=O)[C@@H](C)OC(=O)c1ccc2nccnc2c1. The van der Waals surface area contributed by atoms with Gasteiger partial charge in [0.1, 0.15) is 0 Å². The largest absolute Gasteiger partial charge is 0.449 e. The molecular formula is C19H16ClN3O3. The van der Waals surface area contributed by atoms with Gasteiger partial charge in [-0.05, 0) is 49.7 Å². The van der Waals surface area contributed by atoms with Crippen molar-refractivity contribution in [1.82, 2.24) is 9.97 Å². The van der Waals surface area contributed by atoms with Crippen LogP contribution in [-0.4, -0.2) is 27.9 Å². The highest BCUT2D eigenvalue weighted by molar-refractivity contribution is 6.31. The second-order valence-corrected chi connectivity index (χ2v) is 6.12. The topological polar surface area (TPSA) is 81.2 Å². The summed E-state index contributed by atoms with van der Waals surface area (Å²) in [6, 6.07) is 10.0. The number of nitrogens with zero attached hydrogens (tertiary/aromatic N) is 2. The predicted molar refractivity (Wildman–Crippen MR) is 99.2 cm³/mol. The van der Waals surface area contributed by atoms with E-state index in [0.717, 1.165) is 5.56 Å². The number of anilines is 1. The Morgan fingerprint density at radius 3 is 2.62 bits per heavy atom. The maximum atomic E-state index is 12.3. The molecule has 26 heavy (non-hydrogen) atoms. The lowest BCUT2D eigenvalue weighted by atomic mass is 10.2. The zero-order valence-corrected chi connectivity index (χ0v) is 14.9. The predicted octanol–water partition coefficient (Wildman–Crippen LogP) is 3.78. The van der Waals surface area contributed by atoms with Gasteiger partial charge in [0.25, 0.3) is 5.91 Å². The second-order valence-electron chi connectivity index (χ2n) is 5.71. The molecule has 2 aromatic carbocycles. The maximum Gasteiger partial charge on any atom is 0.338 e. The van der Waals surface area contributed by atoms with Gasteiger partial charge in [-0.15, -0.1) is 0 Å². The molecule has 1 heterocycles. The van der Waals surface area contributed by atoms with Crippen LogP contribution in [0, 0.1) is 6.92 Å². The zero-order valence-electron chi connectivity index (χ0n) is 14.2. The molecule has 0 unspecified atom stereocenters. The van der Waals surface area contributed by atoms with Crippen LogP contribution < -0.4 is 5.32 Å². The highest BCUT2D eigenvalue weighted by Gasteiger charge is 2.20. The van der Waals surface area contributed by atoms with Gasteiger partial charge in [-0.25, -0.2) is 4.79 Å². The minimum absolute atomic E-state index is 0.302. The Hall–Kier alpha value is -2.99. The van der Waals surface area contributed by atoms with E-state index >= 15 is 0 Å². The molecule has 3 aromatic rings. The van der Waals surface area contributed by atoms with Crippen molar-refractivity contribution >= 4 is 40.2 Å². The van der Waals surface area contributed by atoms with Crippen LogP contribution in [0.1, 0.15) is 22.8 Å². The highest BCUT2D eigenvalue weighted by atomic mass is 35.5. The fourth-order valence-corrected chi connectivity index (χ4v) is 2.52. The van der Waals surface area contributed by atoms with E-state index < -0.39 is 18.0 Å². The van der Waals surface area contributed by atoms with Gasteiger partial charge in [-0.3, -0.25) is 14.8 Å². The minimum Gasteiger partial charge on any atom is -0.449 e. The number of aromatic nitrogens is 2. The Labute approximate surface area is 155 Å². The van der Waals surface area contributed by atoms with Crippen molar-refractivity contribution in [3.05, 3.63) is 64.9 Å². The molecule has 7 heteroatoms. The van der Waals surface area contributed by atoms with Crippen LogP contribution in [-0.2, 0) is 9.53 Å². The third-order valence-electron chi connectivity index (χ3n) is 3.88. The second kappa shape index (κ2) is 7.49. The van der Waals surface area contributed by atoms with Gasteiger partial charge < -0.3 is 10.1 Å². The molecule has 0 aliphatic heterocycles. The number of nitrogens with one attached hydrogen (secondary N) is 1. The standard InChI is InChI=1S/C19H16ClN3O3/c1-11-14(20)4-3-5-15(11)23-18(24)12(2)26-19(25)13-6-7-16-17(10-13)22-9-8-21-16/h3-10,12H,1-2H3,(H,23,24)/t12-/m1/s1. The monoisotopic (exact) mass is 369 g/mol. The first kappa shape index (κ1) is 17.8. The van der Waals surface area contributed by atoms with Gasteiger partial charge in [0.15, 0.2) is 6.10 Å². The number of esters is 1. The zero-order chi connectivity index (χ0) is 18.7. The van der Waals surface area contributed by atoms with Gasteiger partial charge in [0.2, 0.25) is 0 Å². The number of ether oxygens (including phenoxy) is 1. The number of benzene rings is 2. The number of halogens is 1. The Morgan fingerprint density at radius 2 is 1.85 bits per heavy atom. The molecule has 0 aliphatic rings. The number of carbonyl (C=O) groups excluding carboxylic acids is 2. The molecule has 0 radical (unpaired) electrons. The first-order chi connectivity index (χ1) is 12.5. The fraction of sp³-hybridized carbons (Fsp3) is 0.158. The quantitative estimate of drug-likeness (QED) is 0.708. The van der Waals surface area contributed by atoms with Gasteiger partial charge in [0.05, 0.1) is 16.6 Å². The summed E-state index contributed by atoms with van der Waals surface area (Å²) in [6.07, 6.45) is 2.14. The van der Waals surface area contributed by atoms with E-state index in [1.807, 2.05) is 0 Å². The van der Waals surface area contributed by atoms with Crippen molar-refractivity contribution in [3.8, 4) is 0 Å². The van der Waals surface area contributed by atoms with Crippen LogP contribution in [0.25, 0.3) is 11.0 Å². The van der Waals surface area contributed by atoms with E-state index in [-0.39, 0.29) is 0 Å². The molecule has 1 N–H and O–H groups in total. The van der Waals surface area contributed by atoms with E-state index in [9.17, 15) is 9.59 Å². The first-order valence-electron chi connectivity index (χ1n) is 7.93. The van der Waals surface area contributed by atoms with Crippen LogP contribution in [0.5, 0.6) is 0 Å². The number of hydrogen-bond donors (Lipinski definition) is 1. The molecule has 0 spiro atoms. The summed E-state index contributed by atoms with van der Waals surface area (Å²) in [5, 5.41) is 3.26. The van der Waals surface area contributed by atoms with Crippen molar-refractivity contribution < 1.29 is 14.3 Å². The average Bonchev–Trinajstić information content (AvgIpc) is 2.64.